The van der Waals surface area contributed by atoms with Crippen LogP contribution < -0.4 is 10.6 Å². The maximum atomic E-state index is 5.97. The van der Waals surface area contributed by atoms with Gasteiger partial charge in [0, 0.05) is 19.7 Å². The van der Waals surface area contributed by atoms with Gasteiger partial charge in [-0.05, 0) is 32.4 Å². The Morgan fingerprint density at radius 2 is 2.06 bits per heavy atom. The summed E-state index contributed by atoms with van der Waals surface area (Å²) in [6, 6.07) is 0. The SMILES string of the molecule is CCOCCN(CC)c1nc(Cl)nc(C)c1N. The lowest BCUT2D eigenvalue weighted by atomic mass is 10.3. The molecular formula is C11H19ClN4O. The Morgan fingerprint density at radius 3 is 2.65 bits per heavy atom. The number of nitrogen functional groups attached to an aromatic ring is 1. The number of rotatable bonds is 6. The fourth-order valence-electron chi connectivity index (χ4n) is 1.51. The summed E-state index contributed by atoms with van der Waals surface area (Å²) in [4.78, 5) is 10.2. The first-order chi connectivity index (χ1) is 8.10. The molecule has 0 atom stereocenters. The summed E-state index contributed by atoms with van der Waals surface area (Å²) >= 11 is 5.85. The van der Waals surface area contributed by atoms with Crippen molar-refractivity contribution >= 4 is 23.1 Å². The molecule has 0 bridgehead atoms. The summed E-state index contributed by atoms with van der Waals surface area (Å²) in [5, 5.41) is 0.224. The summed E-state index contributed by atoms with van der Waals surface area (Å²) in [6.45, 7) is 8.71. The minimum atomic E-state index is 0.224. The van der Waals surface area contributed by atoms with Crippen molar-refractivity contribution in [2.45, 2.75) is 20.8 Å². The number of hydrogen-bond acceptors (Lipinski definition) is 5. The second-order valence-electron chi connectivity index (χ2n) is 3.59. The number of aromatic nitrogens is 2. The number of hydrogen-bond donors (Lipinski definition) is 1. The quantitative estimate of drug-likeness (QED) is 0.624. The molecule has 0 saturated heterocycles. The van der Waals surface area contributed by atoms with Gasteiger partial charge in [0.15, 0.2) is 5.82 Å². The van der Waals surface area contributed by atoms with Gasteiger partial charge in [0.25, 0.3) is 0 Å². The lowest BCUT2D eigenvalue weighted by Gasteiger charge is -2.23. The molecule has 0 saturated carbocycles. The number of halogens is 1. The summed E-state index contributed by atoms with van der Waals surface area (Å²) in [5.41, 5.74) is 7.25. The predicted octanol–water partition coefficient (Wildman–Crippen LogP) is 1.88. The third kappa shape index (κ3) is 3.71. The van der Waals surface area contributed by atoms with Gasteiger partial charge in [-0.3, -0.25) is 0 Å². The second-order valence-corrected chi connectivity index (χ2v) is 3.93. The molecule has 1 aromatic heterocycles. The monoisotopic (exact) mass is 258 g/mol. The summed E-state index contributed by atoms with van der Waals surface area (Å²) < 4.78 is 5.33. The first kappa shape index (κ1) is 14.0. The van der Waals surface area contributed by atoms with E-state index in [0.29, 0.717) is 30.4 Å². The fourth-order valence-corrected chi connectivity index (χ4v) is 1.71. The molecule has 0 fully saturated rings. The topological polar surface area (TPSA) is 64.3 Å². The summed E-state index contributed by atoms with van der Waals surface area (Å²) in [5.74, 6) is 0.685. The van der Waals surface area contributed by atoms with Crippen molar-refractivity contribution < 1.29 is 4.74 Å². The number of likely N-dealkylation sites (N-methyl/N-ethyl adjacent to an activating group) is 1. The number of ether oxygens (including phenoxy) is 1. The number of aryl methyl sites for hydroxylation is 1. The van der Waals surface area contributed by atoms with E-state index in [-0.39, 0.29) is 5.28 Å². The average molecular weight is 259 g/mol. The number of anilines is 2. The first-order valence-corrected chi connectivity index (χ1v) is 6.10. The molecule has 0 aromatic carbocycles. The van der Waals surface area contributed by atoms with Crippen LogP contribution >= 0.6 is 11.6 Å². The van der Waals surface area contributed by atoms with E-state index in [1.807, 2.05) is 25.7 Å². The van der Waals surface area contributed by atoms with Crippen LogP contribution in [-0.2, 0) is 4.74 Å². The Balaban J connectivity index is 2.87. The highest BCUT2D eigenvalue weighted by atomic mass is 35.5. The van der Waals surface area contributed by atoms with E-state index in [1.54, 1.807) is 0 Å². The molecule has 1 heterocycles. The average Bonchev–Trinajstić information content (AvgIpc) is 2.30. The zero-order chi connectivity index (χ0) is 12.8. The third-order valence-corrected chi connectivity index (χ3v) is 2.65. The van der Waals surface area contributed by atoms with Crippen molar-refractivity contribution in [3.8, 4) is 0 Å². The number of nitrogens with zero attached hydrogens (tertiary/aromatic N) is 3. The van der Waals surface area contributed by atoms with Crippen LogP contribution in [0.4, 0.5) is 11.5 Å². The Labute approximate surface area is 107 Å². The normalized spacial score (nSPS) is 10.6. The summed E-state index contributed by atoms with van der Waals surface area (Å²) in [7, 11) is 0. The first-order valence-electron chi connectivity index (χ1n) is 5.72. The van der Waals surface area contributed by atoms with Gasteiger partial charge in [0.2, 0.25) is 5.28 Å². The van der Waals surface area contributed by atoms with Gasteiger partial charge in [-0.1, -0.05) is 0 Å². The minimum absolute atomic E-state index is 0.224. The Hall–Kier alpha value is -1.07. The van der Waals surface area contributed by atoms with E-state index in [9.17, 15) is 0 Å². The molecule has 6 heteroatoms. The molecule has 0 unspecified atom stereocenters. The van der Waals surface area contributed by atoms with Gasteiger partial charge in [0.05, 0.1) is 18.0 Å². The lowest BCUT2D eigenvalue weighted by Crippen LogP contribution is -2.29. The van der Waals surface area contributed by atoms with Crippen molar-refractivity contribution in [3.05, 3.63) is 11.0 Å². The van der Waals surface area contributed by atoms with Gasteiger partial charge in [-0.15, -0.1) is 0 Å². The van der Waals surface area contributed by atoms with Crippen molar-refractivity contribution in [1.29, 1.82) is 0 Å². The van der Waals surface area contributed by atoms with Crippen molar-refractivity contribution in [3.63, 3.8) is 0 Å². The maximum Gasteiger partial charge on any atom is 0.224 e. The lowest BCUT2D eigenvalue weighted by molar-refractivity contribution is 0.154. The molecule has 0 aliphatic carbocycles. The van der Waals surface area contributed by atoms with E-state index in [2.05, 4.69) is 9.97 Å². The van der Waals surface area contributed by atoms with Gasteiger partial charge >= 0.3 is 0 Å². The molecule has 0 radical (unpaired) electrons. The Morgan fingerprint density at radius 1 is 1.35 bits per heavy atom. The van der Waals surface area contributed by atoms with Crippen LogP contribution in [0.1, 0.15) is 19.5 Å². The molecule has 0 spiro atoms. The van der Waals surface area contributed by atoms with Crippen LogP contribution in [0.2, 0.25) is 5.28 Å². The molecule has 17 heavy (non-hydrogen) atoms. The highest BCUT2D eigenvalue weighted by Gasteiger charge is 2.13. The van der Waals surface area contributed by atoms with Crippen LogP contribution in [-0.4, -0.2) is 36.3 Å². The van der Waals surface area contributed by atoms with Crippen LogP contribution in [0.15, 0.2) is 0 Å². The van der Waals surface area contributed by atoms with Crippen LogP contribution in [0.5, 0.6) is 0 Å². The van der Waals surface area contributed by atoms with Crippen molar-refractivity contribution in [2.75, 3.05) is 36.9 Å². The van der Waals surface area contributed by atoms with Crippen molar-refractivity contribution in [2.24, 2.45) is 0 Å². The zero-order valence-electron chi connectivity index (χ0n) is 10.5. The fraction of sp³-hybridized carbons (Fsp3) is 0.636. The van der Waals surface area contributed by atoms with Crippen LogP contribution in [0.25, 0.3) is 0 Å². The molecule has 2 N–H and O–H groups in total. The van der Waals surface area contributed by atoms with Crippen molar-refractivity contribution in [1.82, 2.24) is 9.97 Å². The standard InChI is InChI=1S/C11H19ClN4O/c1-4-16(6-7-17-5-2)10-9(13)8(3)14-11(12)15-10/h4-7,13H2,1-3H3. The Kier molecular flexibility index (Phi) is 5.44. The highest BCUT2D eigenvalue weighted by molar-refractivity contribution is 6.28. The highest BCUT2D eigenvalue weighted by Crippen LogP contribution is 2.24. The van der Waals surface area contributed by atoms with E-state index >= 15 is 0 Å². The zero-order valence-corrected chi connectivity index (χ0v) is 11.3. The molecule has 5 nitrogen and oxygen atoms in total. The van der Waals surface area contributed by atoms with E-state index in [0.717, 1.165) is 13.1 Å². The van der Waals surface area contributed by atoms with Gasteiger partial charge in [0.1, 0.15) is 0 Å². The van der Waals surface area contributed by atoms with Crippen LogP contribution in [0.3, 0.4) is 0 Å². The summed E-state index contributed by atoms with van der Waals surface area (Å²) in [6.07, 6.45) is 0. The molecule has 1 aromatic rings. The third-order valence-electron chi connectivity index (χ3n) is 2.48. The molecule has 0 aliphatic rings. The van der Waals surface area contributed by atoms with Gasteiger partial charge < -0.3 is 15.4 Å². The van der Waals surface area contributed by atoms with Gasteiger partial charge in [-0.25, -0.2) is 4.98 Å². The molecule has 1 rings (SSSR count). The second kappa shape index (κ2) is 6.61. The smallest absolute Gasteiger partial charge is 0.224 e. The van der Waals surface area contributed by atoms with Gasteiger partial charge in [-0.2, -0.15) is 4.98 Å². The number of nitrogens with two attached hydrogens (primary N) is 1. The predicted molar refractivity (Wildman–Crippen MR) is 70.6 cm³/mol. The van der Waals surface area contributed by atoms with E-state index in [1.165, 1.54) is 0 Å². The molecule has 0 aliphatic heterocycles. The minimum Gasteiger partial charge on any atom is -0.394 e. The largest absolute Gasteiger partial charge is 0.394 e. The molecule has 96 valence electrons. The maximum absolute atomic E-state index is 5.97. The Bertz CT molecular complexity index is 373. The molecule has 0 amide bonds. The molecular weight excluding hydrogens is 240 g/mol. The van der Waals surface area contributed by atoms with E-state index < -0.39 is 0 Å². The van der Waals surface area contributed by atoms with Crippen LogP contribution in [0, 0.1) is 6.92 Å². The van der Waals surface area contributed by atoms with E-state index in [4.69, 9.17) is 22.1 Å².